The van der Waals surface area contributed by atoms with Crippen LogP contribution >= 0.6 is 0 Å². The topological polar surface area (TPSA) is 68.1 Å². The molecule has 2 rings (SSSR count). The molecule has 0 radical (unpaired) electrons. The molecule has 0 atom stereocenters. The van der Waals surface area contributed by atoms with E-state index in [4.69, 9.17) is 10.5 Å². The van der Waals surface area contributed by atoms with Crippen LogP contribution in [0.15, 0.2) is 23.0 Å². The zero-order valence-electron chi connectivity index (χ0n) is 9.26. The number of nitrogens with one attached hydrogen (secondary N) is 1. The first-order chi connectivity index (χ1) is 8.32. The van der Waals surface area contributed by atoms with Gasteiger partial charge in [-0.25, -0.2) is 0 Å². The van der Waals surface area contributed by atoms with Crippen LogP contribution in [0.3, 0.4) is 0 Å². The summed E-state index contributed by atoms with van der Waals surface area (Å²) in [4.78, 5) is 13.5. The highest BCUT2D eigenvalue weighted by molar-refractivity contribution is 5.88. The van der Waals surface area contributed by atoms with Crippen LogP contribution < -0.4 is 16.0 Å². The fourth-order valence-corrected chi connectivity index (χ4v) is 1.71. The molecule has 7 heteroatoms. The number of alkyl halides is 3. The standard InChI is InChI=1S/C11H9F3N2O2/c1-18-9-4-8-5(2-7(9)15)6(11(12,13)14)3-10(17)16-8/h2-4H,15H2,1H3,(H,16,17). The Labute approximate surface area is 99.2 Å². The second-order valence-electron chi connectivity index (χ2n) is 3.68. The van der Waals surface area contributed by atoms with Gasteiger partial charge in [-0.05, 0) is 6.07 Å². The van der Waals surface area contributed by atoms with Crippen molar-refractivity contribution in [2.75, 3.05) is 12.8 Å². The molecule has 1 aromatic carbocycles. The molecule has 0 saturated carbocycles. The second-order valence-corrected chi connectivity index (χ2v) is 3.68. The van der Waals surface area contributed by atoms with Gasteiger partial charge in [-0.15, -0.1) is 0 Å². The van der Waals surface area contributed by atoms with Gasteiger partial charge in [0.2, 0.25) is 5.56 Å². The second kappa shape index (κ2) is 3.94. The van der Waals surface area contributed by atoms with Crippen molar-refractivity contribution >= 4 is 16.6 Å². The number of H-pyrrole nitrogens is 1. The third-order valence-electron chi connectivity index (χ3n) is 2.50. The number of rotatable bonds is 1. The molecule has 2 aromatic rings. The lowest BCUT2D eigenvalue weighted by Crippen LogP contribution is -2.14. The van der Waals surface area contributed by atoms with Crippen molar-refractivity contribution in [2.24, 2.45) is 0 Å². The van der Waals surface area contributed by atoms with E-state index in [1.807, 2.05) is 0 Å². The molecule has 0 aliphatic carbocycles. The summed E-state index contributed by atoms with van der Waals surface area (Å²) in [6.45, 7) is 0. The van der Waals surface area contributed by atoms with Gasteiger partial charge in [0.05, 0.1) is 23.9 Å². The highest BCUT2D eigenvalue weighted by Gasteiger charge is 2.33. The quantitative estimate of drug-likeness (QED) is 0.770. The monoisotopic (exact) mass is 258 g/mol. The summed E-state index contributed by atoms with van der Waals surface area (Å²) in [5, 5.41) is -0.166. The summed E-state index contributed by atoms with van der Waals surface area (Å²) in [6, 6.07) is 2.91. The Morgan fingerprint density at radius 1 is 1.28 bits per heavy atom. The summed E-state index contributed by atoms with van der Waals surface area (Å²) < 4.78 is 43.3. The lowest BCUT2D eigenvalue weighted by atomic mass is 10.1. The van der Waals surface area contributed by atoms with Gasteiger partial charge in [0.15, 0.2) is 0 Å². The number of benzene rings is 1. The van der Waals surface area contributed by atoms with E-state index >= 15 is 0 Å². The van der Waals surface area contributed by atoms with Gasteiger partial charge in [-0.2, -0.15) is 13.2 Å². The summed E-state index contributed by atoms with van der Waals surface area (Å²) in [5.41, 5.74) is 3.81. The van der Waals surface area contributed by atoms with Crippen LogP contribution in [-0.2, 0) is 6.18 Å². The van der Waals surface area contributed by atoms with E-state index in [0.717, 1.165) is 6.07 Å². The maximum atomic E-state index is 12.8. The molecule has 0 spiro atoms. The molecule has 3 N–H and O–H groups in total. The smallest absolute Gasteiger partial charge is 0.417 e. The minimum absolute atomic E-state index is 0.0286. The van der Waals surface area contributed by atoms with Gasteiger partial charge >= 0.3 is 6.18 Å². The molecule has 0 aliphatic heterocycles. The first-order valence-electron chi connectivity index (χ1n) is 4.90. The van der Waals surface area contributed by atoms with Crippen LogP contribution in [0.1, 0.15) is 5.56 Å². The molecule has 0 aliphatic rings. The van der Waals surface area contributed by atoms with Crippen LogP contribution in [0.25, 0.3) is 10.9 Å². The van der Waals surface area contributed by atoms with E-state index in [0.29, 0.717) is 6.07 Å². The van der Waals surface area contributed by atoms with Crippen molar-refractivity contribution in [3.05, 3.63) is 34.1 Å². The molecule has 0 bridgehead atoms. The average Bonchev–Trinajstić information content (AvgIpc) is 2.26. The highest BCUT2D eigenvalue weighted by atomic mass is 19.4. The van der Waals surface area contributed by atoms with Crippen LogP contribution in [0, 0.1) is 0 Å². The molecule has 0 fully saturated rings. The van der Waals surface area contributed by atoms with Crippen molar-refractivity contribution in [3.8, 4) is 5.75 Å². The molecule has 1 heterocycles. The van der Waals surface area contributed by atoms with E-state index < -0.39 is 17.3 Å². The predicted octanol–water partition coefficient (Wildman–Crippen LogP) is 2.14. The van der Waals surface area contributed by atoms with E-state index in [-0.39, 0.29) is 22.3 Å². The third kappa shape index (κ3) is 1.99. The van der Waals surface area contributed by atoms with Crippen LogP contribution in [0.4, 0.5) is 18.9 Å². The lowest BCUT2D eigenvalue weighted by Gasteiger charge is -2.12. The van der Waals surface area contributed by atoms with E-state index in [9.17, 15) is 18.0 Å². The van der Waals surface area contributed by atoms with Gasteiger partial charge in [0.25, 0.3) is 0 Å². The SMILES string of the molecule is COc1cc2[nH]c(=O)cc(C(F)(F)F)c2cc1N. The number of aromatic amines is 1. The molecule has 96 valence electrons. The number of hydrogen-bond donors (Lipinski definition) is 2. The summed E-state index contributed by atoms with van der Waals surface area (Å²) >= 11 is 0. The van der Waals surface area contributed by atoms with E-state index in [1.54, 1.807) is 0 Å². The summed E-state index contributed by atoms with van der Waals surface area (Å²) in [5.74, 6) is 0.206. The fourth-order valence-electron chi connectivity index (χ4n) is 1.71. The normalized spacial score (nSPS) is 11.8. The van der Waals surface area contributed by atoms with Crippen LogP contribution in [-0.4, -0.2) is 12.1 Å². The van der Waals surface area contributed by atoms with Gasteiger partial charge in [0.1, 0.15) is 5.75 Å². The Hall–Kier alpha value is -2.18. The Bertz CT molecular complexity index is 662. The van der Waals surface area contributed by atoms with Crippen molar-refractivity contribution < 1.29 is 17.9 Å². The molecule has 1 aromatic heterocycles. The molecular formula is C11H9F3N2O2. The van der Waals surface area contributed by atoms with Crippen molar-refractivity contribution in [1.29, 1.82) is 0 Å². The summed E-state index contributed by atoms with van der Waals surface area (Å²) in [6.07, 6.45) is -4.62. The number of fused-ring (bicyclic) bond motifs is 1. The first-order valence-corrected chi connectivity index (χ1v) is 4.90. The van der Waals surface area contributed by atoms with Crippen molar-refractivity contribution in [1.82, 2.24) is 4.98 Å². The van der Waals surface area contributed by atoms with Crippen molar-refractivity contribution in [3.63, 3.8) is 0 Å². The fraction of sp³-hybridized carbons (Fsp3) is 0.182. The van der Waals surface area contributed by atoms with Crippen LogP contribution in [0.2, 0.25) is 0 Å². The minimum atomic E-state index is -4.62. The first kappa shape index (κ1) is 12.3. The number of anilines is 1. The maximum Gasteiger partial charge on any atom is 0.417 e. The zero-order valence-corrected chi connectivity index (χ0v) is 9.26. The third-order valence-corrected chi connectivity index (χ3v) is 2.50. The molecular weight excluding hydrogens is 249 g/mol. The van der Waals surface area contributed by atoms with Crippen molar-refractivity contribution in [2.45, 2.75) is 6.18 Å². The van der Waals surface area contributed by atoms with E-state index in [1.165, 1.54) is 13.2 Å². The van der Waals surface area contributed by atoms with E-state index in [2.05, 4.69) is 4.98 Å². The Morgan fingerprint density at radius 3 is 2.50 bits per heavy atom. The number of aromatic nitrogens is 1. The van der Waals surface area contributed by atoms with Gasteiger partial charge < -0.3 is 15.5 Å². The molecule has 0 unspecified atom stereocenters. The zero-order chi connectivity index (χ0) is 13.5. The Balaban J connectivity index is 2.88. The van der Waals surface area contributed by atoms with Gasteiger partial charge in [0, 0.05) is 17.5 Å². The minimum Gasteiger partial charge on any atom is -0.495 e. The highest BCUT2D eigenvalue weighted by Crippen LogP contribution is 2.36. The number of nitrogens with two attached hydrogens (primary N) is 1. The lowest BCUT2D eigenvalue weighted by molar-refractivity contribution is -0.136. The number of methoxy groups -OCH3 is 1. The molecule has 18 heavy (non-hydrogen) atoms. The van der Waals surface area contributed by atoms with Gasteiger partial charge in [-0.3, -0.25) is 4.79 Å². The number of ether oxygens (including phenoxy) is 1. The largest absolute Gasteiger partial charge is 0.495 e. The average molecular weight is 258 g/mol. The Kier molecular flexibility index (Phi) is 2.68. The number of hydrogen-bond acceptors (Lipinski definition) is 3. The number of pyridine rings is 1. The maximum absolute atomic E-state index is 12.8. The van der Waals surface area contributed by atoms with Crippen LogP contribution in [0.5, 0.6) is 5.75 Å². The Morgan fingerprint density at radius 2 is 1.94 bits per heavy atom. The summed E-state index contributed by atoms with van der Waals surface area (Å²) in [7, 11) is 1.34. The number of nitrogen functional groups attached to an aromatic ring is 1. The predicted molar refractivity (Wildman–Crippen MR) is 60.5 cm³/mol. The number of halogens is 3. The molecule has 4 nitrogen and oxygen atoms in total. The van der Waals surface area contributed by atoms with Gasteiger partial charge in [-0.1, -0.05) is 0 Å². The molecule has 0 amide bonds. The molecule has 0 saturated heterocycles.